The number of rotatable bonds is 7. The Morgan fingerprint density at radius 2 is 2.03 bits per heavy atom. The van der Waals surface area contributed by atoms with Crippen LogP contribution in [0.1, 0.15) is 13.8 Å². The van der Waals surface area contributed by atoms with Gasteiger partial charge in [-0.15, -0.1) is 5.10 Å². The van der Waals surface area contributed by atoms with Crippen molar-refractivity contribution >= 4 is 17.7 Å². The summed E-state index contributed by atoms with van der Waals surface area (Å²) in [6.07, 6.45) is 3.18. The van der Waals surface area contributed by atoms with E-state index in [2.05, 4.69) is 30.8 Å². The minimum absolute atomic E-state index is 0.367. The third-order valence-electron chi connectivity index (χ3n) is 5.16. The summed E-state index contributed by atoms with van der Waals surface area (Å²) in [6.45, 7) is 4.60. The fourth-order valence-corrected chi connectivity index (χ4v) is 3.34. The number of aromatic nitrogens is 6. The number of nitrogen functional groups attached to an aromatic ring is 1. The molecule has 1 aliphatic rings. The lowest BCUT2D eigenvalue weighted by molar-refractivity contribution is 0.000201. The van der Waals surface area contributed by atoms with Gasteiger partial charge in [0.25, 0.3) is 0 Å². The second-order valence-electron chi connectivity index (χ2n) is 7.93. The Bertz CT molecular complexity index is 1240. The van der Waals surface area contributed by atoms with Gasteiger partial charge in [-0.25, -0.2) is 19.6 Å². The first-order chi connectivity index (χ1) is 15.3. The molecular weight excluding hydrogens is 412 g/mol. The van der Waals surface area contributed by atoms with Crippen LogP contribution >= 0.6 is 0 Å². The first-order valence-electron chi connectivity index (χ1n) is 9.96. The van der Waals surface area contributed by atoms with Gasteiger partial charge in [0.15, 0.2) is 6.29 Å². The highest BCUT2D eigenvalue weighted by Gasteiger charge is 2.27. The van der Waals surface area contributed by atoms with Crippen molar-refractivity contribution in [3.63, 3.8) is 0 Å². The van der Waals surface area contributed by atoms with Crippen molar-refractivity contribution in [2.45, 2.75) is 25.7 Å². The van der Waals surface area contributed by atoms with E-state index in [1.54, 1.807) is 32.1 Å². The number of tetrazole rings is 1. The van der Waals surface area contributed by atoms with Crippen LogP contribution in [0, 0.1) is 0 Å². The van der Waals surface area contributed by atoms with Crippen LogP contribution in [0.25, 0.3) is 17.7 Å². The van der Waals surface area contributed by atoms with Crippen molar-refractivity contribution in [1.82, 2.24) is 35.1 Å². The van der Waals surface area contributed by atoms with Gasteiger partial charge in [0, 0.05) is 38.3 Å². The van der Waals surface area contributed by atoms with Gasteiger partial charge in [0.05, 0.1) is 12.7 Å². The molecule has 3 aromatic heterocycles. The third-order valence-corrected chi connectivity index (χ3v) is 5.16. The average molecular weight is 438 g/mol. The van der Waals surface area contributed by atoms with Crippen LogP contribution in [0.2, 0.25) is 0 Å². The Morgan fingerprint density at radius 1 is 1.22 bits per heavy atom. The van der Waals surface area contributed by atoms with Crippen molar-refractivity contribution in [2.75, 3.05) is 31.8 Å². The fraction of sp³-hybridized carbons (Fsp3) is 0.400. The van der Waals surface area contributed by atoms with Gasteiger partial charge in [-0.05, 0) is 42.5 Å². The molecule has 0 fully saturated rings. The lowest BCUT2D eigenvalue weighted by atomic mass is 10.1. The van der Waals surface area contributed by atoms with E-state index in [0.717, 1.165) is 5.22 Å². The van der Waals surface area contributed by atoms with Gasteiger partial charge in [-0.1, -0.05) is 0 Å². The molecule has 168 valence electrons. The molecule has 32 heavy (non-hydrogen) atoms. The van der Waals surface area contributed by atoms with E-state index in [-0.39, 0.29) is 0 Å². The van der Waals surface area contributed by atoms with Gasteiger partial charge in [-0.2, -0.15) is 0 Å². The number of nitrogens with one attached hydrogen (secondary N) is 1. The predicted octanol–water partition coefficient (Wildman–Crippen LogP) is -0.248. The van der Waals surface area contributed by atoms with E-state index in [1.165, 1.54) is 0 Å². The molecule has 4 rings (SSSR count). The quantitative estimate of drug-likeness (QED) is 0.507. The van der Waals surface area contributed by atoms with Crippen LogP contribution in [0.4, 0.5) is 11.5 Å². The SMILES string of the molecule is COc1nc(-c2nnnn2C)ccc1NC1N=c2c(N)nccc2=CN1CC(C)(C)OC. The van der Waals surface area contributed by atoms with Crippen LogP contribution in [0.15, 0.2) is 29.4 Å². The van der Waals surface area contributed by atoms with Crippen molar-refractivity contribution in [3.8, 4) is 17.4 Å². The Morgan fingerprint density at radius 3 is 2.72 bits per heavy atom. The average Bonchev–Trinajstić information content (AvgIpc) is 3.20. The number of nitrogens with two attached hydrogens (primary N) is 1. The van der Waals surface area contributed by atoms with Gasteiger partial charge < -0.3 is 25.4 Å². The molecule has 0 bridgehead atoms. The molecule has 4 heterocycles. The molecule has 0 aromatic carbocycles. The van der Waals surface area contributed by atoms with E-state index >= 15 is 0 Å². The number of ether oxygens (including phenoxy) is 2. The second kappa shape index (κ2) is 8.38. The predicted molar refractivity (Wildman–Crippen MR) is 118 cm³/mol. The molecule has 12 nitrogen and oxygen atoms in total. The number of nitrogens with zero attached hydrogens (tertiary/aromatic N) is 8. The van der Waals surface area contributed by atoms with Crippen LogP contribution in [0.5, 0.6) is 5.88 Å². The summed E-state index contributed by atoms with van der Waals surface area (Å²) < 4.78 is 12.7. The van der Waals surface area contributed by atoms with Gasteiger partial charge >= 0.3 is 0 Å². The first kappa shape index (κ1) is 21.4. The minimum Gasteiger partial charge on any atom is -0.480 e. The van der Waals surface area contributed by atoms with Gasteiger partial charge in [0.1, 0.15) is 22.6 Å². The largest absolute Gasteiger partial charge is 0.480 e. The van der Waals surface area contributed by atoms with E-state index in [4.69, 9.17) is 20.2 Å². The van der Waals surface area contributed by atoms with Crippen LogP contribution < -0.4 is 26.4 Å². The molecule has 3 N–H and O–H groups in total. The zero-order valence-electron chi connectivity index (χ0n) is 18.6. The molecule has 12 heteroatoms. The highest BCUT2D eigenvalue weighted by Crippen LogP contribution is 2.27. The molecule has 1 aliphatic heterocycles. The molecule has 0 saturated carbocycles. The number of pyridine rings is 2. The minimum atomic E-state index is -0.485. The smallest absolute Gasteiger partial charge is 0.237 e. The van der Waals surface area contributed by atoms with Crippen molar-refractivity contribution in [3.05, 3.63) is 35.0 Å². The standard InChI is InChI=1S/C20H26N10O2/c1-20(2,32-5)11-30-10-12-8-9-22-16(21)15(12)25-19(30)24-14-7-6-13(23-18(14)31-4)17-26-27-28-29(17)3/h6-10,19,24H,11H2,1-5H3,(H2,21,22). The van der Waals surface area contributed by atoms with Crippen molar-refractivity contribution < 1.29 is 9.47 Å². The summed E-state index contributed by atoms with van der Waals surface area (Å²) in [5.41, 5.74) is 6.91. The maximum absolute atomic E-state index is 6.09. The monoisotopic (exact) mass is 438 g/mol. The summed E-state index contributed by atoms with van der Waals surface area (Å²) in [4.78, 5) is 15.6. The van der Waals surface area contributed by atoms with Gasteiger partial charge in [-0.3, -0.25) is 0 Å². The van der Waals surface area contributed by atoms with Crippen molar-refractivity contribution in [2.24, 2.45) is 12.0 Å². The summed E-state index contributed by atoms with van der Waals surface area (Å²) >= 11 is 0. The number of hydrogen-bond acceptors (Lipinski definition) is 11. The molecule has 0 aliphatic carbocycles. The second-order valence-corrected chi connectivity index (χ2v) is 7.93. The Labute approximate surface area is 184 Å². The lowest BCUT2D eigenvalue weighted by Crippen LogP contribution is -2.51. The summed E-state index contributed by atoms with van der Waals surface area (Å²) in [6, 6.07) is 5.55. The molecule has 0 radical (unpaired) electrons. The number of methoxy groups -OCH3 is 2. The van der Waals surface area contributed by atoms with E-state index in [1.807, 2.05) is 43.1 Å². The molecule has 0 saturated heterocycles. The van der Waals surface area contributed by atoms with Crippen LogP contribution in [0.3, 0.4) is 0 Å². The molecule has 3 aromatic rings. The Kier molecular flexibility index (Phi) is 5.61. The zero-order chi connectivity index (χ0) is 22.9. The normalized spacial score (nSPS) is 15.5. The number of hydrogen-bond donors (Lipinski definition) is 2. The molecule has 0 spiro atoms. The maximum atomic E-state index is 6.09. The third kappa shape index (κ3) is 4.17. The number of anilines is 2. The van der Waals surface area contributed by atoms with E-state index in [0.29, 0.717) is 40.8 Å². The van der Waals surface area contributed by atoms with Crippen LogP contribution in [-0.4, -0.2) is 67.7 Å². The van der Waals surface area contributed by atoms with E-state index < -0.39 is 11.9 Å². The molecule has 1 unspecified atom stereocenters. The topological polar surface area (TPSA) is 141 Å². The molecule has 1 atom stereocenters. The Balaban J connectivity index is 1.72. The number of aryl methyl sites for hydroxylation is 1. The van der Waals surface area contributed by atoms with E-state index in [9.17, 15) is 0 Å². The summed E-state index contributed by atoms with van der Waals surface area (Å²) in [7, 11) is 4.99. The summed E-state index contributed by atoms with van der Waals surface area (Å²) in [5.74, 6) is 1.28. The maximum Gasteiger partial charge on any atom is 0.237 e. The number of fused-ring (bicyclic) bond motifs is 1. The highest BCUT2D eigenvalue weighted by atomic mass is 16.5. The fourth-order valence-electron chi connectivity index (χ4n) is 3.34. The lowest BCUT2D eigenvalue weighted by Gasteiger charge is -2.36. The zero-order valence-corrected chi connectivity index (χ0v) is 18.6. The summed E-state index contributed by atoms with van der Waals surface area (Å²) in [5, 5.41) is 16.4. The van der Waals surface area contributed by atoms with Crippen LogP contribution in [-0.2, 0) is 11.8 Å². The van der Waals surface area contributed by atoms with Crippen molar-refractivity contribution in [1.29, 1.82) is 0 Å². The first-order valence-corrected chi connectivity index (χ1v) is 9.96. The Hall–Kier alpha value is -3.80. The molecule has 0 amide bonds. The highest BCUT2D eigenvalue weighted by molar-refractivity contribution is 5.60. The molecular formula is C20H26N10O2. The van der Waals surface area contributed by atoms with Gasteiger partial charge in [0.2, 0.25) is 11.7 Å².